The quantitative estimate of drug-likeness (QED) is 0.692. The summed E-state index contributed by atoms with van der Waals surface area (Å²) >= 11 is 0. The molecular formula is C14H20O3. The zero-order chi connectivity index (χ0) is 12.5. The van der Waals surface area contributed by atoms with Gasteiger partial charge in [0.1, 0.15) is 5.60 Å². The van der Waals surface area contributed by atoms with E-state index in [1.807, 2.05) is 6.92 Å². The second kappa shape index (κ2) is 4.63. The van der Waals surface area contributed by atoms with E-state index in [1.165, 1.54) is 26.2 Å². The largest absolute Gasteiger partial charge is 0.454 e. The van der Waals surface area contributed by atoms with Gasteiger partial charge in [-0.05, 0) is 37.8 Å². The second-order valence-electron chi connectivity index (χ2n) is 5.39. The first-order valence-corrected chi connectivity index (χ1v) is 6.45. The van der Waals surface area contributed by atoms with Crippen molar-refractivity contribution in [3.63, 3.8) is 0 Å². The van der Waals surface area contributed by atoms with E-state index in [1.54, 1.807) is 12.2 Å². The van der Waals surface area contributed by atoms with Crippen LogP contribution >= 0.6 is 0 Å². The van der Waals surface area contributed by atoms with Crippen molar-refractivity contribution in [3.05, 3.63) is 12.2 Å². The third kappa shape index (κ3) is 2.43. The summed E-state index contributed by atoms with van der Waals surface area (Å²) < 4.78 is 5.39. The fourth-order valence-electron chi connectivity index (χ4n) is 3.31. The van der Waals surface area contributed by atoms with Crippen molar-refractivity contribution in [3.8, 4) is 0 Å². The first kappa shape index (κ1) is 12.3. The third-order valence-electron chi connectivity index (χ3n) is 3.99. The number of hydrogen-bond donors (Lipinski definition) is 0. The fourth-order valence-corrected chi connectivity index (χ4v) is 3.31. The van der Waals surface area contributed by atoms with Gasteiger partial charge in [-0.3, -0.25) is 9.59 Å². The molecule has 0 spiro atoms. The standard InChI is InChI=1S/C14H20O3/c1-10(15)17-14(2)9-8-12(16)13(14)11-6-4-3-5-7-11/h8-9,11,13H,3-7H2,1-2H3. The van der Waals surface area contributed by atoms with Gasteiger partial charge >= 0.3 is 5.97 Å². The van der Waals surface area contributed by atoms with Gasteiger partial charge in [0, 0.05) is 6.92 Å². The van der Waals surface area contributed by atoms with E-state index in [0.29, 0.717) is 5.92 Å². The zero-order valence-electron chi connectivity index (χ0n) is 10.6. The highest BCUT2D eigenvalue weighted by Crippen LogP contribution is 2.42. The van der Waals surface area contributed by atoms with Crippen LogP contribution in [0.2, 0.25) is 0 Å². The highest BCUT2D eigenvalue weighted by molar-refractivity contribution is 5.96. The van der Waals surface area contributed by atoms with Gasteiger partial charge in [-0.1, -0.05) is 19.3 Å². The van der Waals surface area contributed by atoms with Crippen molar-refractivity contribution >= 4 is 11.8 Å². The summed E-state index contributed by atoms with van der Waals surface area (Å²) in [6, 6.07) is 0. The molecule has 2 aliphatic rings. The van der Waals surface area contributed by atoms with Crippen molar-refractivity contribution in [2.45, 2.75) is 51.6 Å². The van der Waals surface area contributed by atoms with Gasteiger partial charge in [0.25, 0.3) is 0 Å². The summed E-state index contributed by atoms with van der Waals surface area (Å²) in [4.78, 5) is 23.2. The summed E-state index contributed by atoms with van der Waals surface area (Å²) in [7, 11) is 0. The smallest absolute Gasteiger partial charge is 0.303 e. The molecule has 1 saturated carbocycles. The molecule has 0 aliphatic heterocycles. The summed E-state index contributed by atoms with van der Waals surface area (Å²) in [5, 5.41) is 0. The number of allylic oxidation sites excluding steroid dienone is 1. The molecule has 3 heteroatoms. The lowest BCUT2D eigenvalue weighted by Gasteiger charge is -2.36. The first-order valence-electron chi connectivity index (χ1n) is 6.45. The molecule has 2 aliphatic carbocycles. The Morgan fingerprint density at radius 3 is 2.59 bits per heavy atom. The van der Waals surface area contributed by atoms with Crippen LogP contribution in [0.5, 0.6) is 0 Å². The van der Waals surface area contributed by atoms with E-state index in [-0.39, 0.29) is 17.7 Å². The molecule has 0 aromatic carbocycles. The number of ether oxygens (including phenoxy) is 1. The van der Waals surface area contributed by atoms with Crippen molar-refractivity contribution in [2.75, 3.05) is 0 Å². The fraction of sp³-hybridized carbons (Fsp3) is 0.714. The lowest BCUT2D eigenvalue weighted by molar-refractivity contribution is -0.158. The molecular weight excluding hydrogens is 216 g/mol. The van der Waals surface area contributed by atoms with E-state index in [9.17, 15) is 9.59 Å². The normalized spacial score (nSPS) is 34.0. The van der Waals surface area contributed by atoms with Crippen LogP contribution in [0.1, 0.15) is 46.0 Å². The molecule has 94 valence electrons. The van der Waals surface area contributed by atoms with Crippen molar-refractivity contribution in [1.82, 2.24) is 0 Å². The van der Waals surface area contributed by atoms with Crippen LogP contribution in [0.25, 0.3) is 0 Å². The van der Waals surface area contributed by atoms with Gasteiger partial charge in [0.15, 0.2) is 5.78 Å². The van der Waals surface area contributed by atoms with Gasteiger partial charge in [-0.25, -0.2) is 0 Å². The first-order chi connectivity index (χ1) is 8.03. The summed E-state index contributed by atoms with van der Waals surface area (Å²) in [5.74, 6) is 0.0237. The number of esters is 1. The Bertz CT molecular complexity index is 352. The van der Waals surface area contributed by atoms with Gasteiger partial charge in [0.2, 0.25) is 0 Å². The molecule has 2 rings (SSSR count). The number of carbonyl (C=O) groups is 2. The van der Waals surface area contributed by atoms with E-state index in [0.717, 1.165) is 12.8 Å². The van der Waals surface area contributed by atoms with Crippen LogP contribution in [-0.4, -0.2) is 17.4 Å². The Hall–Kier alpha value is -1.12. The molecule has 0 heterocycles. The molecule has 0 N–H and O–H groups in total. The van der Waals surface area contributed by atoms with Crippen LogP contribution in [0.3, 0.4) is 0 Å². The molecule has 2 unspecified atom stereocenters. The van der Waals surface area contributed by atoms with Crippen LogP contribution in [-0.2, 0) is 14.3 Å². The van der Waals surface area contributed by atoms with Crippen LogP contribution in [0.15, 0.2) is 12.2 Å². The molecule has 17 heavy (non-hydrogen) atoms. The number of carbonyl (C=O) groups excluding carboxylic acids is 2. The van der Waals surface area contributed by atoms with E-state index < -0.39 is 5.60 Å². The van der Waals surface area contributed by atoms with Crippen molar-refractivity contribution < 1.29 is 14.3 Å². The van der Waals surface area contributed by atoms with Gasteiger partial charge in [-0.2, -0.15) is 0 Å². The van der Waals surface area contributed by atoms with Crippen LogP contribution in [0, 0.1) is 11.8 Å². The molecule has 0 aromatic rings. The Balaban J connectivity index is 2.17. The minimum atomic E-state index is -0.717. The molecule has 0 bridgehead atoms. The SMILES string of the molecule is CC(=O)OC1(C)C=CC(=O)C1C1CCCCC1. The Morgan fingerprint density at radius 1 is 1.35 bits per heavy atom. The maximum Gasteiger partial charge on any atom is 0.303 e. The Morgan fingerprint density at radius 2 is 2.00 bits per heavy atom. The third-order valence-corrected chi connectivity index (χ3v) is 3.99. The Labute approximate surface area is 102 Å². The molecule has 1 fully saturated rings. The minimum Gasteiger partial charge on any atom is -0.454 e. The monoisotopic (exact) mass is 236 g/mol. The molecule has 0 amide bonds. The topological polar surface area (TPSA) is 43.4 Å². The highest BCUT2D eigenvalue weighted by Gasteiger charge is 2.47. The maximum absolute atomic E-state index is 12.0. The number of rotatable bonds is 2. The predicted molar refractivity (Wildman–Crippen MR) is 64.4 cm³/mol. The summed E-state index contributed by atoms with van der Waals surface area (Å²) in [5.41, 5.74) is -0.717. The lowest BCUT2D eigenvalue weighted by Crippen LogP contribution is -2.42. The average Bonchev–Trinajstić information content (AvgIpc) is 2.54. The predicted octanol–water partition coefficient (Wildman–Crippen LogP) is 2.64. The Kier molecular flexibility index (Phi) is 3.36. The number of hydrogen-bond acceptors (Lipinski definition) is 3. The molecule has 0 saturated heterocycles. The highest BCUT2D eigenvalue weighted by atomic mass is 16.6. The molecule has 2 atom stereocenters. The van der Waals surface area contributed by atoms with Crippen LogP contribution < -0.4 is 0 Å². The van der Waals surface area contributed by atoms with Crippen LogP contribution in [0.4, 0.5) is 0 Å². The summed E-state index contributed by atoms with van der Waals surface area (Å²) in [6.07, 6.45) is 9.13. The van der Waals surface area contributed by atoms with Crippen molar-refractivity contribution in [2.24, 2.45) is 11.8 Å². The van der Waals surface area contributed by atoms with E-state index >= 15 is 0 Å². The van der Waals surface area contributed by atoms with Crippen molar-refractivity contribution in [1.29, 1.82) is 0 Å². The molecule has 3 nitrogen and oxygen atoms in total. The average molecular weight is 236 g/mol. The maximum atomic E-state index is 12.0. The van der Waals surface area contributed by atoms with Gasteiger partial charge in [-0.15, -0.1) is 0 Å². The zero-order valence-corrected chi connectivity index (χ0v) is 10.6. The van der Waals surface area contributed by atoms with Gasteiger partial charge in [0.05, 0.1) is 5.92 Å². The lowest BCUT2D eigenvalue weighted by atomic mass is 9.73. The molecule has 0 aromatic heterocycles. The van der Waals surface area contributed by atoms with E-state index in [2.05, 4.69) is 0 Å². The minimum absolute atomic E-state index is 0.126. The molecule has 0 radical (unpaired) electrons. The van der Waals surface area contributed by atoms with Gasteiger partial charge < -0.3 is 4.74 Å². The summed E-state index contributed by atoms with van der Waals surface area (Å²) in [6.45, 7) is 3.26. The van der Waals surface area contributed by atoms with E-state index in [4.69, 9.17) is 4.74 Å². The number of ketones is 1. The second-order valence-corrected chi connectivity index (χ2v) is 5.39.